The Bertz CT molecular complexity index is 1210. The summed E-state index contributed by atoms with van der Waals surface area (Å²) >= 11 is 0. The summed E-state index contributed by atoms with van der Waals surface area (Å²) in [6, 6.07) is 12.4. The quantitative estimate of drug-likeness (QED) is 0.599. The van der Waals surface area contributed by atoms with Crippen LogP contribution in [0.5, 0.6) is 0 Å². The van der Waals surface area contributed by atoms with E-state index in [1.807, 2.05) is 38.2 Å². The topological polar surface area (TPSA) is 94.2 Å². The Hall–Kier alpha value is -3.55. The molecule has 136 valence electrons. The SMILES string of the molecule is CC(C)n1nc(C(=O)NCc2nnc3ccccn23)c2ccccc2c1=O. The summed E-state index contributed by atoms with van der Waals surface area (Å²) in [7, 11) is 0. The lowest BCUT2D eigenvalue weighted by atomic mass is 10.1. The normalized spacial score (nSPS) is 11.4. The molecule has 8 heteroatoms. The molecule has 0 atom stereocenters. The van der Waals surface area contributed by atoms with E-state index in [9.17, 15) is 9.59 Å². The Morgan fingerprint density at radius 1 is 1.07 bits per heavy atom. The van der Waals surface area contributed by atoms with E-state index < -0.39 is 0 Å². The number of aromatic nitrogens is 5. The molecule has 0 aliphatic carbocycles. The van der Waals surface area contributed by atoms with Crippen molar-refractivity contribution >= 4 is 22.3 Å². The van der Waals surface area contributed by atoms with Crippen molar-refractivity contribution in [2.24, 2.45) is 0 Å². The zero-order chi connectivity index (χ0) is 19.0. The minimum atomic E-state index is -0.367. The number of amides is 1. The van der Waals surface area contributed by atoms with Gasteiger partial charge >= 0.3 is 0 Å². The molecule has 0 spiro atoms. The molecule has 0 fully saturated rings. The van der Waals surface area contributed by atoms with Crippen LogP contribution in [0, 0.1) is 0 Å². The van der Waals surface area contributed by atoms with E-state index >= 15 is 0 Å². The lowest BCUT2D eigenvalue weighted by molar-refractivity contribution is 0.0944. The number of nitrogens with one attached hydrogen (secondary N) is 1. The van der Waals surface area contributed by atoms with E-state index in [1.165, 1.54) is 4.68 Å². The maximum absolute atomic E-state index is 12.8. The van der Waals surface area contributed by atoms with Gasteiger partial charge in [0.2, 0.25) is 0 Å². The lowest BCUT2D eigenvalue weighted by Gasteiger charge is -2.13. The monoisotopic (exact) mass is 362 g/mol. The van der Waals surface area contributed by atoms with Gasteiger partial charge in [-0.25, -0.2) is 4.68 Å². The van der Waals surface area contributed by atoms with E-state index in [0.717, 1.165) is 0 Å². The molecule has 0 radical (unpaired) electrons. The minimum Gasteiger partial charge on any atom is -0.343 e. The van der Waals surface area contributed by atoms with Crippen LogP contribution >= 0.6 is 0 Å². The van der Waals surface area contributed by atoms with Crippen molar-refractivity contribution in [2.75, 3.05) is 0 Å². The maximum Gasteiger partial charge on any atom is 0.274 e. The molecule has 8 nitrogen and oxygen atoms in total. The molecule has 0 bridgehead atoms. The van der Waals surface area contributed by atoms with Gasteiger partial charge in [-0.2, -0.15) is 5.10 Å². The Morgan fingerprint density at radius 3 is 2.59 bits per heavy atom. The van der Waals surface area contributed by atoms with Crippen LogP contribution in [0.1, 0.15) is 36.2 Å². The summed E-state index contributed by atoms with van der Waals surface area (Å²) < 4.78 is 3.14. The summed E-state index contributed by atoms with van der Waals surface area (Å²) in [4.78, 5) is 25.4. The molecule has 27 heavy (non-hydrogen) atoms. The van der Waals surface area contributed by atoms with Crippen LogP contribution in [0.4, 0.5) is 0 Å². The molecule has 1 N–H and O–H groups in total. The number of carbonyl (C=O) groups is 1. The van der Waals surface area contributed by atoms with E-state index in [0.29, 0.717) is 22.2 Å². The zero-order valence-corrected chi connectivity index (χ0v) is 15.0. The standard InChI is InChI=1S/C19H18N6O2/c1-12(2)25-19(27)14-8-4-3-7-13(14)17(23-25)18(26)20-11-16-22-21-15-9-5-6-10-24(15)16/h3-10,12H,11H2,1-2H3,(H,20,26). The molecule has 0 aliphatic heterocycles. The van der Waals surface area contributed by atoms with Crippen LogP contribution < -0.4 is 10.9 Å². The Labute approximate surface area is 154 Å². The van der Waals surface area contributed by atoms with Crippen molar-refractivity contribution < 1.29 is 4.79 Å². The fraction of sp³-hybridized carbons (Fsp3) is 0.211. The number of hydrogen-bond donors (Lipinski definition) is 1. The van der Waals surface area contributed by atoms with Crippen molar-refractivity contribution in [2.45, 2.75) is 26.4 Å². The third kappa shape index (κ3) is 2.95. The first kappa shape index (κ1) is 16.9. The van der Waals surface area contributed by atoms with Crippen LogP contribution in [0.25, 0.3) is 16.4 Å². The highest BCUT2D eigenvalue weighted by atomic mass is 16.2. The van der Waals surface area contributed by atoms with Crippen molar-refractivity contribution in [3.05, 3.63) is 70.5 Å². The van der Waals surface area contributed by atoms with Crippen LogP contribution in [0.2, 0.25) is 0 Å². The third-order valence-corrected chi connectivity index (χ3v) is 4.32. The second-order valence-corrected chi connectivity index (χ2v) is 6.47. The van der Waals surface area contributed by atoms with Gasteiger partial charge in [0.15, 0.2) is 17.2 Å². The molecule has 1 amide bonds. The van der Waals surface area contributed by atoms with Crippen LogP contribution in [-0.4, -0.2) is 30.3 Å². The Morgan fingerprint density at radius 2 is 1.81 bits per heavy atom. The van der Waals surface area contributed by atoms with Gasteiger partial charge in [0.25, 0.3) is 11.5 Å². The van der Waals surface area contributed by atoms with Crippen LogP contribution in [0.15, 0.2) is 53.5 Å². The summed E-state index contributed by atoms with van der Waals surface area (Å²) in [5.74, 6) is 0.244. The molecule has 0 unspecified atom stereocenters. The van der Waals surface area contributed by atoms with Crippen molar-refractivity contribution in [3.8, 4) is 0 Å². The lowest BCUT2D eigenvalue weighted by Crippen LogP contribution is -2.31. The van der Waals surface area contributed by atoms with Gasteiger partial charge in [-0.3, -0.25) is 14.0 Å². The Balaban J connectivity index is 1.70. The summed E-state index contributed by atoms with van der Waals surface area (Å²) in [5, 5.41) is 16.3. The van der Waals surface area contributed by atoms with Gasteiger partial charge in [-0.15, -0.1) is 10.2 Å². The highest BCUT2D eigenvalue weighted by Gasteiger charge is 2.18. The molecular weight excluding hydrogens is 344 g/mol. The van der Waals surface area contributed by atoms with Gasteiger partial charge in [-0.1, -0.05) is 24.3 Å². The molecule has 3 aromatic heterocycles. The van der Waals surface area contributed by atoms with Gasteiger partial charge in [0, 0.05) is 11.6 Å². The predicted molar refractivity (Wildman–Crippen MR) is 101 cm³/mol. The Kier molecular flexibility index (Phi) is 4.15. The molecule has 3 heterocycles. The number of benzene rings is 1. The van der Waals surface area contributed by atoms with Crippen LogP contribution in [-0.2, 0) is 6.54 Å². The van der Waals surface area contributed by atoms with E-state index in [-0.39, 0.29) is 29.7 Å². The molecule has 4 rings (SSSR count). The fourth-order valence-electron chi connectivity index (χ4n) is 2.98. The van der Waals surface area contributed by atoms with Gasteiger partial charge in [0.05, 0.1) is 18.0 Å². The number of rotatable bonds is 4. The van der Waals surface area contributed by atoms with Crippen molar-refractivity contribution in [1.82, 2.24) is 29.7 Å². The molecular formula is C19H18N6O2. The second-order valence-electron chi connectivity index (χ2n) is 6.47. The highest BCUT2D eigenvalue weighted by molar-refractivity contribution is 6.04. The molecule has 4 aromatic rings. The fourth-order valence-corrected chi connectivity index (χ4v) is 2.98. The van der Waals surface area contributed by atoms with Gasteiger partial charge < -0.3 is 5.32 Å². The van der Waals surface area contributed by atoms with Crippen molar-refractivity contribution in [3.63, 3.8) is 0 Å². The number of pyridine rings is 1. The first-order chi connectivity index (χ1) is 13.1. The number of carbonyl (C=O) groups excluding carboxylic acids is 1. The van der Waals surface area contributed by atoms with Gasteiger partial charge in [-0.05, 0) is 32.0 Å². The summed E-state index contributed by atoms with van der Waals surface area (Å²) in [6.45, 7) is 3.90. The first-order valence-corrected chi connectivity index (χ1v) is 8.64. The van der Waals surface area contributed by atoms with E-state index in [4.69, 9.17) is 0 Å². The average Bonchev–Trinajstić information content (AvgIpc) is 3.09. The summed E-state index contributed by atoms with van der Waals surface area (Å²) in [6.07, 6.45) is 1.84. The third-order valence-electron chi connectivity index (χ3n) is 4.32. The molecule has 0 saturated carbocycles. The van der Waals surface area contributed by atoms with E-state index in [1.54, 1.807) is 28.7 Å². The minimum absolute atomic E-state index is 0.158. The maximum atomic E-state index is 12.8. The van der Waals surface area contributed by atoms with Crippen LogP contribution in [0.3, 0.4) is 0 Å². The average molecular weight is 362 g/mol. The molecule has 0 saturated heterocycles. The first-order valence-electron chi connectivity index (χ1n) is 8.64. The zero-order valence-electron chi connectivity index (χ0n) is 15.0. The largest absolute Gasteiger partial charge is 0.343 e. The number of hydrogen-bond acceptors (Lipinski definition) is 5. The second kappa shape index (κ2) is 6.64. The summed E-state index contributed by atoms with van der Waals surface area (Å²) in [5.41, 5.74) is 0.715. The number of fused-ring (bicyclic) bond motifs is 2. The smallest absolute Gasteiger partial charge is 0.274 e. The van der Waals surface area contributed by atoms with Gasteiger partial charge in [0.1, 0.15) is 0 Å². The molecule has 0 aliphatic rings. The van der Waals surface area contributed by atoms with E-state index in [2.05, 4.69) is 20.6 Å². The van der Waals surface area contributed by atoms with Crippen molar-refractivity contribution in [1.29, 1.82) is 0 Å². The predicted octanol–water partition coefficient (Wildman–Crippen LogP) is 1.95. The highest BCUT2D eigenvalue weighted by Crippen LogP contribution is 2.15. The number of nitrogens with zero attached hydrogens (tertiary/aromatic N) is 5. The molecule has 1 aromatic carbocycles.